The minimum Gasteiger partial charge on any atom is -0.478 e. The fourth-order valence-corrected chi connectivity index (χ4v) is 2.96. The number of fused-ring (bicyclic) bond motifs is 1. The van der Waals surface area contributed by atoms with Crippen molar-refractivity contribution in [2.45, 2.75) is 6.42 Å². The van der Waals surface area contributed by atoms with Crippen LogP contribution in [0.1, 0.15) is 26.3 Å². The monoisotopic (exact) mass is 394 g/mol. The molecule has 0 unspecified atom stereocenters. The number of carbonyl (C=O) groups is 3. The van der Waals surface area contributed by atoms with E-state index in [2.05, 4.69) is 10.6 Å². The van der Waals surface area contributed by atoms with Gasteiger partial charge in [0.15, 0.2) is 0 Å². The molecule has 6 nitrogen and oxygen atoms in total. The van der Waals surface area contributed by atoms with Crippen molar-refractivity contribution in [1.29, 1.82) is 0 Å². The van der Waals surface area contributed by atoms with Crippen LogP contribution in [0.4, 0.5) is 4.39 Å². The molecule has 0 aliphatic carbocycles. The van der Waals surface area contributed by atoms with Gasteiger partial charge in [0, 0.05) is 13.1 Å². The Morgan fingerprint density at radius 3 is 2.07 bits per heavy atom. The van der Waals surface area contributed by atoms with Crippen molar-refractivity contribution in [2.75, 3.05) is 13.1 Å². The summed E-state index contributed by atoms with van der Waals surface area (Å²) in [6.07, 6.45) is -0.103. The Hall–Kier alpha value is -3.74. The fraction of sp³-hybridized carbons (Fsp3) is 0.136. The molecule has 148 valence electrons. The molecule has 0 bridgehead atoms. The Morgan fingerprint density at radius 2 is 1.41 bits per heavy atom. The molecule has 0 fully saturated rings. The summed E-state index contributed by atoms with van der Waals surface area (Å²) in [5.74, 6) is -2.56. The van der Waals surface area contributed by atoms with E-state index in [0.717, 1.165) is 10.8 Å². The standard InChI is InChI=1S/C22H19FN2O4/c23-19-8-4-3-7-16(19)13-20(26)24-9-10-25-21(27)17-11-14-5-1-2-6-15(14)12-18(17)22(28)29/h1-8,11-12H,9-10,13H2,(H,24,26)(H,25,27)(H,28,29). The molecule has 0 saturated heterocycles. The zero-order valence-corrected chi connectivity index (χ0v) is 15.4. The molecule has 0 saturated carbocycles. The molecule has 0 spiro atoms. The van der Waals surface area contributed by atoms with Gasteiger partial charge < -0.3 is 15.7 Å². The maximum Gasteiger partial charge on any atom is 0.336 e. The smallest absolute Gasteiger partial charge is 0.336 e. The topological polar surface area (TPSA) is 95.5 Å². The average molecular weight is 394 g/mol. The summed E-state index contributed by atoms with van der Waals surface area (Å²) in [7, 11) is 0. The Labute approximate surface area is 166 Å². The first-order valence-electron chi connectivity index (χ1n) is 9.00. The summed E-state index contributed by atoms with van der Waals surface area (Å²) in [6, 6.07) is 16.2. The highest BCUT2D eigenvalue weighted by Crippen LogP contribution is 2.20. The van der Waals surface area contributed by atoms with Gasteiger partial charge in [0.2, 0.25) is 5.91 Å². The second kappa shape index (κ2) is 8.97. The number of rotatable bonds is 7. The van der Waals surface area contributed by atoms with Crippen molar-refractivity contribution in [1.82, 2.24) is 10.6 Å². The molecule has 0 heterocycles. The summed E-state index contributed by atoms with van der Waals surface area (Å²) >= 11 is 0. The highest BCUT2D eigenvalue weighted by Gasteiger charge is 2.17. The lowest BCUT2D eigenvalue weighted by Gasteiger charge is -2.10. The highest BCUT2D eigenvalue weighted by molar-refractivity contribution is 6.08. The molecule has 3 rings (SSSR count). The molecular formula is C22H19FN2O4. The van der Waals surface area contributed by atoms with Gasteiger partial charge in [-0.15, -0.1) is 0 Å². The van der Waals surface area contributed by atoms with Crippen LogP contribution in [0.3, 0.4) is 0 Å². The molecule has 0 aliphatic rings. The van der Waals surface area contributed by atoms with E-state index >= 15 is 0 Å². The summed E-state index contributed by atoms with van der Waals surface area (Å²) in [4.78, 5) is 35.9. The number of benzene rings is 3. The van der Waals surface area contributed by atoms with Gasteiger partial charge in [0.05, 0.1) is 17.5 Å². The van der Waals surface area contributed by atoms with Crippen LogP contribution in [0.2, 0.25) is 0 Å². The number of nitrogens with one attached hydrogen (secondary N) is 2. The summed E-state index contributed by atoms with van der Waals surface area (Å²) in [5, 5.41) is 16.1. The van der Waals surface area contributed by atoms with Crippen molar-refractivity contribution in [3.8, 4) is 0 Å². The van der Waals surface area contributed by atoms with Crippen LogP contribution < -0.4 is 10.6 Å². The first kappa shape index (κ1) is 20.0. The first-order chi connectivity index (χ1) is 14.0. The molecule has 29 heavy (non-hydrogen) atoms. The lowest BCUT2D eigenvalue weighted by atomic mass is 10.0. The molecule has 2 amide bonds. The summed E-state index contributed by atoms with van der Waals surface area (Å²) in [6.45, 7) is 0.239. The molecule has 3 aromatic carbocycles. The second-order valence-corrected chi connectivity index (χ2v) is 6.42. The molecule has 7 heteroatoms. The van der Waals surface area contributed by atoms with Gasteiger partial charge in [0.25, 0.3) is 5.91 Å². The zero-order valence-electron chi connectivity index (χ0n) is 15.4. The van der Waals surface area contributed by atoms with Crippen molar-refractivity contribution in [3.05, 3.63) is 83.2 Å². The normalized spacial score (nSPS) is 10.5. The van der Waals surface area contributed by atoms with Crippen molar-refractivity contribution in [3.63, 3.8) is 0 Å². The van der Waals surface area contributed by atoms with Crippen LogP contribution >= 0.6 is 0 Å². The van der Waals surface area contributed by atoms with E-state index in [1.165, 1.54) is 24.3 Å². The van der Waals surface area contributed by atoms with Gasteiger partial charge in [-0.1, -0.05) is 42.5 Å². The number of carboxylic acid groups (broad SMARTS) is 1. The van der Waals surface area contributed by atoms with E-state index in [0.29, 0.717) is 0 Å². The quantitative estimate of drug-likeness (QED) is 0.537. The van der Waals surface area contributed by atoms with Crippen LogP contribution in [-0.2, 0) is 11.2 Å². The molecule has 3 N–H and O–H groups in total. The molecule has 0 aliphatic heterocycles. The lowest BCUT2D eigenvalue weighted by molar-refractivity contribution is -0.120. The number of hydrogen-bond acceptors (Lipinski definition) is 3. The van der Waals surface area contributed by atoms with Gasteiger partial charge in [-0.2, -0.15) is 0 Å². The Morgan fingerprint density at radius 1 is 0.828 bits per heavy atom. The van der Waals surface area contributed by atoms with Gasteiger partial charge >= 0.3 is 5.97 Å². The number of carbonyl (C=O) groups excluding carboxylic acids is 2. The van der Waals surface area contributed by atoms with Crippen molar-refractivity contribution >= 4 is 28.6 Å². The van der Waals surface area contributed by atoms with Crippen LogP contribution in [0.15, 0.2) is 60.7 Å². The van der Waals surface area contributed by atoms with Crippen LogP contribution in [-0.4, -0.2) is 36.0 Å². The van der Waals surface area contributed by atoms with Crippen LogP contribution in [0.25, 0.3) is 10.8 Å². The maximum absolute atomic E-state index is 13.6. The van der Waals surface area contributed by atoms with Crippen LogP contribution in [0, 0.1) is 5.82 Å². The lowest BCUT2D eigenvalue weighted by Crippen LogP contribution is -2.35. The first-order valence-corrected chi connectivity index (χ1v) is 9.00. The third-order valence-electron chi connectivity index (χ3n) is 4.40. The van der Waals surface area contributed by atoms with E-state index in [9.17, 15) is 23.9 Å². The predicted molar refractivity (Wildman–Crippen MR) is 106 cm³/mol. The number of aromatic carboxylic acids is 1. The molecule has 0 atom stereocenters. The minimum atomic E-state index is -1.20. The van der Waals surface area contributed by atoms with E-state index in [1.54, 1.807) is 36.4 Å². The maximum atomic E-state index is 13.6. The number of hydrogen-bond donors (Lipinski definition) is 3. The van der Waals surface area contributed by atoms with E-state index in [4.69, 9.17) is 0 Å². The Bertz CT molecular complexity index is 1080. The highest BCUT2D eigenvalue weighted by atomic mass is 19.1. The third kappa shape index (κ3) is 4.95. The number of halogens is 1. The van der Waals surface area contributed by atoms with Gasteiger partial charge in [-0.25, -0.2) is 9.18 Å². The van der Waals surface area contributed by atoms with E-state index < -0.39 is 17.7 Å². The summed E-state index contributed by atoms with van der Waals surface area (Å²) in [5.41, 5.74) is 0.245. The zero-order chi connectivity index (χ0) is 20.8. The fourth-order valence-electron chi connectivity index (χ4n) is 2.96. The van der Waals surface area contributed by atoms with Gasteiger partial charge in [0.1, 0.15) is 5.82 Å². The average Bonchev–Trinajstić information content (AvgIpc) is 2.71. The SMILES string of the molecule is O=C(Cc1ccccc1F)NCCNC(=O)c1cc2ccccc2cc1C(=O)O. The third-order valence-corrected chi connectivity index (χ3v) is 4.40. The minimum absolute atomic E-state index is 0.0499. The van der Waals surface area contributed by atoms with Crippen molar-refractivity contribution in [2.24, 2.45) is 0 Å². The predicted octanol–water partition coefficient (Wildman–Crippen LogP) is 2.77. The second-order valence-electron chi connectivity index (χ2n) is 6.42. The van der Waals surface area contributed by atoms with Crippen LogP contribution in [0.5, 0.6) is 0 Å². The van der Waals surface area contributed by atoms with Crippen molar-refractivity contribution < 1.29 is 23.9 Å². The number of carboxylic acids is 1. The van der Waals surface area contributed by atoms with Gasteiger partial charge in [-0.3, -0.25) is 9.59 Å². The van der Waals surface area contributed by atoms with Gasteiger partial charge in [-0.05, 0) is 34.5 Å². The summed E-state index contributed by atoms with van der Waals surface area (Å²) < 4.78 is 13.6. The largest absolute Gasteiger partial charge is 0.478 e. The number of amides is 2. The molecule has 0 aromatic heterocycles. The van der Waals surface area contributed by atoms with E-state index in [1.807, 2.05) is 0 Å². The van der Waals surface area contributed by atoms with E-state index in [-0.39, 0.29) is 42.1 Å². The molecule has 3 aromatic rings. The Kier molecular flexibility index (Phi) is 6.19. The molecular weight excluding hydrogens is 375 g/mol. The Balaban J connectivity index is 1.58. The molecule has 0 radical (unpaired) electrons.